The number of aryl methyl sites for hydroxylation is 6. The van der Waals surface area contributed by atoms with Gasteiger partial charge in [0.25, 0.3) is 0 Å². The van der Waals surface area contributed by atoms with E-state index in [2.05, 4.69) is 228 Å². The molecule has 0 N–H and O–H groups in total. The van der Waals surface area contributed by atoms with Crippen molar-refractivity contribution in [2.75, 3.05) is 9.80 Å². The molecule has 11 rings (SSSR count). The normalized spacial score (nSPS) is 15.0. The highest BCUT2D eigenvalue weighted by atomic mass is 16.3. The van der Waals surface area contributed by atoms with Crippen molar-refractivity contribution in [3.8, 4) is 0 Å². The smallest absolute Gasteiger partial charge is 0.159 e. The highest BCUT2D eigenvalue weighted by Crippen LogP contribution is 2.47. The van der Waals surface area contributed by atoms with E-state index in [1.54, 1.807) is 0 Å². The Morgan fingerprint density at radius 3 is 1.50 bits per heavy atom. The van der Waals surface area contributed by atoms with E-state index < -0.39 is 0 Å². The highest BCUT2D eigenvalue weighted by Gasteiger charge is 2.24. The maximum atomic E-state index is 6.83. The summed E-state index contributed by atoms with van der Waals surface area (Å²) < 4.78 is 13.7. The molecule has 1 aliphatic rings. The van der Waals surface area contributed by atoms with Gasteiger partial charge in [-0.05, 0) is 152 Å². The molecular weight excluding hydrogens is 781 g/mol. The maximum Gasteiger partial charge on any atom is 0.159 e. The number of allylic oxidation sites excluding steroid dienone is 3. The van der Waals surface area contributed by atoms with E-state index in [-0.39, 0.29) is 5.92 Å². The average molecular weight is 831 g/mol. The molecule has 4 heteroatoms. The quantitative estimate of drug-likeness (QED) is 0.167. The summed E-state index contributed by atoms with van der Waals surface area (Å²) in [4.78, 5) is 4.78. The third-order valence-corrected chi connectivity index (χ3v) is 12.8. The van der Waals surface area contributed by atoms with E-state index in [1.165, 1.54) is 33.2 Å². The fourth-order valence-corrected chi connectivity index (χ4v) is 10.0. The molecule has 1 aliphatic carbocycles. The number of furan rings is 2. The van der Waals surface area contributed by atoms with Gasteiger partial charge in [-0.2, -0.15) is 0 Å². The second kappa shape index (κ2) is 15.4. The van der Waals surface area contributed by atoms with Gasteiger partial charge in [0.05, 0.1) is 17.1 Å². The van der Waals surface area contributed by atoms with Crippen LogP contribution in [0.25, 0.3) is 66.8 Å². The Balaban J connectivity index is 1.10. The number of hydrogen-bond donors (Lipinski definition) is 0. The summed E-state index contributed by atoms with van der Waals surface area (Å²) in [7, 11) is 0. The van der Waals surface area contributed by atoms with Crippen LogP contribution in [-0.2, 0) is 0 Å². The fraction of sp³-hybridized carbons (Fsp3) is 0.133. The molecular formula is C60H50N2O2. The Labute approximate surface area is 374 Å². The molecule has 1 atom stereocenters. The van der Waals surface area contributed by atoms with Crippen LogP contribution in [0.15, 0.2) is 172 Å². The van der Waals surface area contributed by atoms with E-state index in [0.717, 1.165) is 100 Å². The van der Waals surface area contributed by atoms with Crippen molar-refractivity contribution in [2.24, 2.45) is 5.92 Å². The largest absolute Gasteiger partial charge is 0.454 e. The van der Waals surface area contributed by atoms with E-state index >= 15 is 0 Å². The van der Waals surface area contributed by atoms with Gasteiger partial charge in [0.1, 0.15) is 11.2 Å². The zero-order valence-electron chi connectivity index (χ0n) is 37.5. The number of nitrogens with zero attached hydrogens (tertiary/aromatic N) is 2. The molecule has 4 nitrogen and oxygen atoms in total. The van der Waals surface area contributed by atoms with Crippen LogP contribution in [0.4, 0.5) is 28.4 Å². The lowest BCUT2D eigenvalue weighted by Crippen LogP contribution is -2.16. The predicted octanol–water partition coefficient (Wildman–Crippen LogP) is 17.4. The van der Waals surface area contributed by atoms with Crippen molar-refractivity contribution < 1.29 is 8.83 Å². The lowest BCUT2D eigenvalue weighted by molar-refractivity contribution is 0.665. The first-order valence-electron chi connectivity index (χ1n) is 22.3. The van der Waals surface area contributed by atoms with Gasteiger partial charge in [-0.3, -0.25) is 0 Å². The van der Waals surface area contributed by atoms with Crippen LogP contribution in [0, 0.1) is 47.5 Å². The molecule has 1 unspecified atom stereocenters. The summed E-state index contributed by atoms with van der Waals surface area (Å²) in [6.45, 7) is 15.2. The molecule has 2 bridgehead atoms. The second-order valence-electron chi connectivity index (χ2n) is 17.9. The maximum absolute atomic E-state index is 6.83. The van der Waals surface area contributed by atoms with Crippen LogP contribution < -0.4 is 9.80 Å². The number of rotatable bonds is 6. The monoisotopic (exact) mass is 830 g/mol. The Hall–Kier alpha value is -7.56. The molecule has 8 aromatic carbocycles. The van der Waals surface area contributed by atoms with Gasteiger partial charge in [0, 0.05) is 44.0 Å². The minimum Gasteiger partial charge on any atom is -0.454 e. The summed E-state index contributed by atoms with van der Waals surface area (Å²) in [6, 6.07) is 50.9. The summed E-state index contributed by atoms with van der Waals surface area (Å²) in [5.74, 6) is 0.0947. The van der Waals surface area contributed by atoms with Crippen molar-refractivity contribution in [2.45, 2.75) is 48.5 Å². The standard InChI is InChI=1S/C60H50N2O2/c1-36-20-23-44-24-27-54(62(47-33-39(4)29-40(5)34-47)56-19-11-17-52-50-15-9-13-42(7)58(50)64-60(52)56)48-26-22-43(35-53(44)48)21-25-45(30-36)61(46-31-37(2)28-38(3)32-46)55-18-10-16-51-49-14-8-12-41(6)57(49)63-59(51)55/h8-36H,1-7H3/b23-20-,25-21-,45-30?. The van der Waals surface area contributed by atoms with Crippen LogP contribution >= 0.6 is 0 Å². The molecule has 2 aromatic heterocycles. The van der Waals surface area contributed by atoms with Crippen LogP contribution in [0.2, 0.25) is 0 Å². The summed E-state index contributed by atoms with van der Waals surface area (Å²) >= 11 is 0. The van der Waals surface area contributed by atoms with Crippen molar-refractivity contribution in [3.05, 3.63) is 208 Å². The third kappa shape index (κ3) is 6.69. The average Bonchev–Trinajstić information content (AvgIpc) is 3.85. The first-order chi connectivity index (χ1) is 31.1. The van der Waals surface area contributed by atoms with Gasteiger partial charge < -0.3 is 18.6 Å². The summed E-state index contributed by atoms with van der Waals surface area (Å²) in [5, 5.41) is 6.82. The van der Waals surface area contributed by atoms with Crippen LogP contribution in [0.3, 0.4) is 0 Å². The molecule has 0 fully saturated rings. The Morgan fingerprint density at radius 2 is 0.922 bits per heavy atom. The van der Waals surface area contributed by atoms with Crippen molar-refractivity contribution in [1.82, 2.24) is 0 Å². The van der Waals surface area contributed by atoms with E-state index in [1.807, 2.05) is 0 Å². The van der Waals surface area contributed by atoms with E-state index in [0.29, 0.717) is 0 Å². The molecule has 312 valence electrons. The first kappa shape index (κ1) is 39.3. The minimum absolute atomic E-state index is 0.0947. The molecule has 0 radical (unpaired) electrons. The highest BCUT2D eigenvalue weighted by molar-refractivity contribution is 6.13. The molecule has 64 heavy (non-hydrogen) atoms. The number of benzene rings is 8. The van der Waals surface area contributed by atoms with Gasteiger partial charge >= 0.3 is 0 Å². The van der Waals surface area contributed by atoms with Crippen LogP contribution in [0.5, 0.6) is 0 Å². The third-order valence-electron chi connectivity index (χ3n) is 12.8. The molecule has 10 aromatic rings. The molecule has 0 aliphatic heterocycles. The van der Waals surface area contributed by atoms with Crippen molar-refractivity contribution >= 4 is 95.2 Å². The molecule has 0 saturated carbocycles. The number of fused-ring (bicyclic) bond motifs is 7. The van der Waals surface area contributed by atoms with Gasteiger partial charge in [-0.15, -0.1) is 0 Å². The number of anilines is 5. The Bertz CT molecular complexity index is 3570. The lowest BCUT2D eigenvalue weighted by atomic mass is 9.97. The lowest BCUT2D eigenvalue weighted by Gasteiger charge is -2.28. The molecule has 2 heterocycles. The van der Waals surface area contributed by atoms with Crippen molar-refractivity contribution in [3.63, 3.8) is 0 Å². The second-order valence-corrected chi connectivity index (χ2v) is 17.9. The SMILES string of the molecule is Cc1cc(C)cc(N(C2=CC(C)/C=C\c3ccc(N(c4cc(C)cc(C)c4)c4cccc5c4oc4c(C)cccc45)c4ccc(cc34)/C=C\2)c2cccc3c2oc2c(C)cccc23)c1. The summed E-state index contributed by atoms with van der Waals surface area (Å²) in [5.41, 5.74) is 19.3. The fourth-order valence-electron chi connectivity index (χ4n) is 10.0. The van der Waals surface area contributed by atoms with Gasteiger partial charge in [-0.1, -0.05) is 122 Å². The van der Waals surface area contributed by atoms with Crippen LogP contribution in [0.1, 0.15) is 51.4 Å². The summed E-state index contributed by atoms with van der Waals surface area (Å²) in [6.07, 6.45) is 11.5. The van der Waals surface area contributed by atoms with E-state index in [9.17, 15) is 0 Å². The molecule has 0 spiro atoms. The van der Waals surface area contributed by atoms with Gasteiger partial charge in [-0.25, -0.2) is 0 Å². The van der Waals surface area contributed by atoms with Crippen LogP contribution in [-0.4, -0.2) is 0 Å². The molecule has 0 saturated heterocycles. The first-order valence-corrected chi connectivity index (χ1v) is 22.3. The van der Waals surface area contributed by atoms with Crippen molar-refractivity contribution in [1.29, 1.82) is 0 Å². The topological polar surface area (TPSA) is 32.8 Å². The van der Waals surface area contributed by atoms with Gasteiger partial charge in [0.2, 0.25) is 0 Å². The minimum atomic E-state index is 0.0947. The number of hydrogen-bond acceptors (Lipinski definition) is 4. The zero-order chi connectivity index (χ0) is 43.8. The Kier molecular flexibility index (Phi) is 9.43. The Morgan fingerprint density at radius 1 is 0.406 bits per heavy atom. The van der Waals surface area contributed by atoms with Gasteiger partial charge in [0.15, 0.2) is 11.2 Å². The van der Waals surface area contributed by atoms with E-state index in [4.69, 9.17) is 8.83 Å². The zero-order valence-corrected chi connectivity index (χ0v) is 37.5. The molecule has 0 amide bonds. The number of para-hydroxylation sites is 4. The predicted molar refractivity (Wildman–Crippen MR) is 272 cm³/mol.